The van der Waals surface area contributed by atoms with Crippen molar-refractivity contribution in [2.75, 3.05) is 32.7 Å². The largest absolute Gasteiger partial charge is 0.457 e. The van der Waals surface area contributed by atoms with Crippen LogP contribution in [0.3, 0.4) is 0 Å². The van der Waals surface area contributed by atoms with E-state index >= 15 is 0 Å². The summed E-state index contributed by atoms with van der Waals surface area (Å²) in [5.41, 5.74) is -0.445. The lowest BCUT2D eigenvalue weighted by Gasteiger charge is -2.34. The number of hydrogen-bond donors (Lipinski definition) is 0. The average molecular weight is 460 g/mol. The number of piperazine rings is 1. The highest BCUT2D eigenvalue weighted by atomic mass is 32.2. The fraction of sp³-hybridized carbons (Fsp3) is 0.318. The Morgan fingerprint density at radius 2 is 1.97 bits per heavy atom. The quantitative estimate of drug-likeness (QED) is 0.627. The minimum absolute atomic E-state index is 0.285. The van der Waals surface area contributed by atoms with Gasteiger partial charge in [0.05, 0.1) is 16.5 Å². The molecule has 2 aliphatic rings. The summed E-state index contributed by atoms with van der Waals surface area (Å²) in [4.78, 5) is 21.1. The van der Waals surface area contributed by atoms with Crippen molar-refractivity contribution in [1.82, 2.24) is 9.80 Å². The number of hydrogen-bond acceptors (Lipinski definition) is 6. The van der Waals surface area contributed by atoms with Crippen molar-refractivity contribution < 1.29 is 22.4 Å². The lowest BCUT2D eigenvalue weighted by molar-refractivity contribution is -0.137. The van der Waals surface area contributed by atoms with E-state index in [2.05, 4.69) is 16.0 Å². The van der Waals surface area contributed by atoms with Gasteiger partial charge in [-0.1, -0.05) is 12.1 Å². The highest BCUT2D eigenvalue weighted by Gasteiger charge is 2.31. The van der Waals surface area contributed by atoms with Gasteiger partial charge in [0.15, 0.2) is 5.17 Å². The SMILES string of the molecule is N#CCCN1CCN(C2=NC(=O)C(=Cc3ccc(-c4cccc(C(F)(F)F)c4)o3)S2)CC1. The van der Waals surface area contributed by atoms with Gasteiger partial charge in [-0.15, -0.1) is 0 Å². The maximum absolute atomic E-state index is 13.0. The van der Waals surface area contributed by atoms with E-state index < -0.39 is 11.7 Å². The lowest BCUT2D eigenvalue weighted by Crippen LogP contribution is -2.47. The Morgan fingerprint density at radius 3 is 2.69 bits per heavy atom. The summed E-state index contributed by atoms with van der Waals surface area (Å²) in [6.07, 6.45) is -2.38. The fourth-order valence-corrected chi connectivity index (χ4v) is 4.41. The summed E-state index contributed by atoms with van der Waals surface area (Å²) in [6.45, 7) is 3.78. The van der Waals surface area contributed by atoms with Crippen molar-refractivity contribution >= 4 is 28.9 Å². The van der Waals surface area contributed by atoms with Gasteiger partial charge < -0.3 is 9.32 Å². The van der Waals surface area contributed by atoms with Crippen LogP contribution in [-0.2, 0) is 11.0 Å². The molecule has 4 rings (SSSR count). The third-order valence-electron chi connectivity index (χ3n) is 5.17. The van der Waals surface area contributed by atoms with E-state index in [1.54, 1.807) is 18.2 Å². The van der Waals surface area contributed by atoms with Gasteiger partial charge in [-0.25, -0.2) is 0 Å². The average Bonchev–Trinajstić information content (AvgIpc) is 3.39. The number of furan rings is 1. The van der Waals surface area contributed by atoms with E-state index in [9.17, 15) is 18.0 Å². The van der Waals surface area contributed by atoms with Crippen LogP contribution in [0.15, 0.2) is 50.7 Å². The molecule has 1 aromatic heterocycles. The van der Waals surface area contributed by atoms with E-state index in [1.807, 2.05) is 4.90 Å². The van der Waals surface area contributed by atoms with Crippen molar-refractivity contribution in [2.24, 2.45) is 4.99 Å². The number of rotatable bonds is 4. The molecule has 2 aromatic rings. The standard InChI is InChI=1S/C22H19F3N4O2S/c23-22(24,25)16-4-1-3-15(13-16)18-6-5-17(31-18)14-19-20(30)27-21(32-19)29-11-9-28(10-12-29)8-2-7-26/h1,3-6,13-14H,2,8-12H2. The number of thioether (sulfide) groups is 1. The third kappa shape index (κ3) is 5.06. The van der Waals surface area contributed by atoms with Gasteiger partial charge in [-0.2, -0.15) is 23.4 Å². The Labute approximate surface area is 187 Å². The number of aliphatic imine (C=N–C) groups is 1. The summed E-state index contributed by atoms with van der Waals surface area (Å²) >= 11 is 1.26. The Balaban J connectivity index is 1.42. The van der Waals surface area contributed by atoms with Crippen LogP contribution in [0.25, 0.3) is 17.4 Å². The Bertz CT molecular complexity index is 1110. The van der Waals surface area contributed by atoms with Gasteiger partial charge in [-0.05, 0) is 36.0 Å². The zero-order chi connectivity index (χ0) is 22.7. The molecule has 0 aliphatic carbocycles. The molecule has 166 valence electrons. The zero-order valence-electron chi connectivity index (χ0n) is 16.9. The maximum atomic E-state index is 13.0. The van der Waals surface area contributed by atoms with Crippen molar-refractivity contribution in [1.29, 1.82) is 5.26 Å². The number of benzene rings is 1. The molecule has 0 spiro atoms. The van der Waals surface area contributed by atoms with Gasteiger partial charge in [0.2, 0.25) is 0 Å². The number of carbonyl (C=O) groups is 1. The molecule has 10 heteroatoms. The second-order valence-electron chi connectivity index (χ2n) is 7.33. The number of nitrogens with zero attached hydrogens (tertiary/aromatic N) is 4. The van der Waals surface area contributed by atoms with Crippen LogP contribution in [0.2, 0.25) is 0 Å². The summed E-state index contributed by atoms with van der Waals surface area (Å²) < 4.78 is 44.5. The van der Waals surface area contributed by atoms with Gasteiger partial charge in [0.25, 0.3) is 5.91 Å². The van der Waals surface area contributed by atoms with Crippen molar-refractivity contribution in [3.05, 3.63) is 52.6 Å². The van der Waals surface area contributed by atoms with Crippen LogP contribution in [0.1, 0.15) is 17.7 Å². The molecule has 2 aliphatic heterocycles. The summed E-state index contributed by atoms with van der Waals surface area (Å²) in [5, 5.41) is 9.34. The summed E-state index contributed by atoms with van der Waals surface area (Å²) in [7, 11) is 0. The molecule has 1 fully saturated rings. The lowest BCUT2D eigenvalue weighted by atomic mass is 10.1. The van der Waals surface area contributed by atoms with Crippen LogP contribution >= 0.6 is 11.8 Å². The first-order valence-corrected chi connectivity index (χ1v) is 10.8. The van der Waals surface area contributed by atoms with Crippen LogP contribution in [0.4, 0.5) is 13.2 Å². The minimum Gasteiger partial charge on any atom is -0.457 e. The van der Waals surface area contributed by atoms with E-state index in [0.29, 0.717) is 27.8 Å². The smallest absolute Gasteiger partial charge is 0.416 e. The molecular weight excluding hydrogens is 441 g/mol. The van der Waals surface area contributed by atoms with Gasteiger partial charge in [0, 0.05) is 50.8 Å². The normalized spacial score (nSPS) is 18.8. The first kappa shape index (κ1) is 22.2. The van der Waals surface area contributed by atoms with E-state index in [4.69, 9.17) is 9.68 Å². The predicted octanol–water partition coefficient (Wildman–Crippen LogP) is 4.47. The predicted molar refractivity (Wildman–Crippen MR) is 115 cm³/mol. The summed E-state index contributed by atoms with van der Waals surface area (Å²) in [5.74, 6) is 0.285. The van der Waals surface area contributed by atoms with E-state index in [-0.39, 0.29) is 11.7 Å². The van der Waals surface area contributed by atoms with E-state index in [1.165, 1.54) is 23.9 Å². The molecule has 6 nitrogen and oxygen atoms in total. The molecule has 1 saturated heterocycles. The Hall–Kier alpha value is -3.03. The number of amides is 1. The Morgan fingerprint density at radius 1 is 1.19 bits per heavy atom. The number of halogens is 3. The topological polar surface area (TPSA) is 72.8 Å². The summed E-state index contributed by atoms with van der Waals surface area (Å²) in [6, 6.07) is 10.2. The van der Waals surface area contributed by atoms with Crippen LogP contribution < -0.4 is 0 Å². The molecule has 1 amide bonds. The number of carbonyl (C=O) groups excluding carboxylic acids is 1. The third-order valence-corrected chi connectivity index (χ3v) is 6.21. The highest BCUT2D eigenvalue weighted by Crippen LogP contribution is 2.34. The molecule has 0 unspecified atom stereocenters. The first-order valence-electron chi connectivity index (χ1n) is 9.98. The number of amidine groups is 1. The van der Waals surface area contributed by atoms with Gasteiger partial charge in [0.1, 0.15) is 11.5 Å². The molecule has 1 aromatic carbocycles. The second-order valence-corrected chi connectivity index (χ2v) is 8.34. The molecule has 0 saturated carbocycles. The molecule has 0 atom stereocenters. The Kier molecular flexibility index (Phi) is 6.39. The second kappa shape index (κ2) is 9.22. The monoisotopic (exact) mass is 460 g/mol. The number of nitriles is 1. The molecule has 0 radical (unpaired) electrons. The van der Waals surface area contributed by atoms with Gasteiger partial charge >= 0.3 is 6.18 Å². The maximum Gasteiger partial charge on any atom is 0.416 e. The fourth-order valence-electron chi connectivity index (χ4n) is 3.47. The number of alkyl halides is 3. The zero-order valence-corrected chi connectivity index (χ0v) is 17.7. The van der Waals surface area contributed by atoms with E-state index in [0.717, 1.165) is 44.9 Å². The molecule has 32 heavy (non-hydrogen) atoms. The van der Waals surface area contributed by atoms with Crippen molar-refractivity contribution in [3.8, 4) is 17.4 Å². The van der Waals surface area contributed by atoms with Crippen molar-refractivity contribution in [3.63, 3.8) is 0 Å². The van der Waals surface area contributed by atoms with Crippen LogP contribution in [-0.4, -0.2) is 53.6 Å². The molecular formula is C22H19F3N4O2S. The highest BCUT2D eigenvalue weighted by molar-refractivity contribution is 8.18. The minimum atomic E-state index is -4.44. The molecule has 0 N–H and O–H groups in total. The van der Waals surface area contributed by atoms with Crippen LogP contribution in [0.5, 0.6) is 0 Å². The van der Waals surface area contributed by atoms with Gasteiger partial charge in [-0.3, -0.25) is 9.69 Å². The molecule has 0 bridgehead atoms. The molecule has 3 heterocycles. The first-order chi connectivity index (χ1) is 15.3. The van der Waals surface area contributed by atoms with Crippen molar-refractivity contribution in [2.45, 2.75) is 12.6 Å². The van der Waals surface area contributed by atoms with Crippen LogP contribution in [0, 0.1) is 11.3 Å².